The summed E-state index contributed by atoms with van der Waals surface area (Å²) in [5.41, 5.74) is 1.61. The van der Waals surface area contributed by atoms with Crippen LogP contribution in [0.15, 0.2) is 53.3 Å². The zero-order valence-electron chi connectivity index (χ0n) is 16.9. The van der Waals surface area contributed by atoms with Gasteiger partial charge < -0.3 is 15.0 Å². The fourth-order valence-corrected chi connectivity index (χ4v) is 3.05. The predicted molar refractivity (Wildman–Crippen MR) is 113 cm³/mol. The molecule has 0 saturated heterocycles. The molecule has 7 nitrogen and oxygen atoms in total. The second kappa shape index (κ2) is 9.34. The maximum Gasteiger partial charge on any atom is 0.258 e. The van der Waals surface area contributed by atoms with E-state index in [2.05, 4.69) is 15.3 Å². The molecule has 7 heteroatoms. The van der Waals surface area contributed by atoms with Gasteiger partial charge in [0.15, 0.2) is 0 Å². The summed E-state index contributed by atoms with van der Waals surface area (Å²) in [5.74, 6) is 1.28. The van der Waals surface area contributed by atoms with Crippen LogP contribution < -0.4 is 15.6 Å². The highest BCUT2D eigenvalue weighted by Crippen LogP contribution is 2.11. The summed E-state index contributed by atoms with van der Waals surface area (Å²) in [4.78, 5) is 33.8. The van der Waals surface area contributed by atoms with Gasteiger partial charge in [0.2, 0.25) is 5.91 Å². The van der Waals surface area contributed by atoms with Crippen LogP contribution >= 0.6 is 0 Å². The predicted octanol–water partition coefficient (Wildman–Crippen LogP) is 2.11. The van der Waals surface area contributed by atoms with E-state index in [4.69, 9.17) is 4.74 Å². The van der Waals surface area contributed by atoms with Crippen molar-refractivity contribution in [3.63, 3.8) is 0 Å². The average molecular weight is 394 g/mol. The van der Waals surface area contributed by atoms with Crippen LogP contribution in [0.2, 0.25) is 0 Å². The molecule has 0 radical (unpaired) electrons. The summed E-state index contributed by atoms with van der Waals surface area (Å²) in [6.07, 6.45) is 0.742. The molecule has 3 aromatic rings. The number of hydrogen-bond donors (Lipinski definition) is 2. The van der Waals surface area contributed by atoms with Gasteiger partial charge in [-0.2, -0.15) is 0 Å². The van der Waals surface area contributed by atoms with Crippen molar-refractivity contribution in [2.45, 2.75) is 25.9 Å². The number of rotatable bonds is 8. The number of methoxy groups -OCH3 is 1. The van der Waals surface area contributed by atoms with Crippen molar-refractivity contribution in [3.05, 3.63) is 70.3 Å². The molecule has 1 aromatic heterocycles. The number of benzene rings is 2. The molecule has 2 aromatic carbocycles. The van der Waals surface area contributed by atoms with Crippen molar-refractivity contribution in [3.8, 4) is 5.75 Å². The smallest absolute Gasteiger partial charge is 0.258 e. The van der Waals surface area contributed by atoms with E-state index in [1.54, 1.807) is 13.2 Å². The molecule has 2 N–H and O–H groups in total. The molecule has 3 rings (SSSR count). The number of hydrogen-bond acceptors (Lipinski definition) is 5. The lowest BCUT2D eigenvalue weighted by molar-refractivity contribution is -0.125. The van der Waals surface area contributed by atoms with Crippen LogP contribution in [0.3, 0.4) is 0 Å². The Hall–Kier alpha value is -3.19. The minimum absolute atomic E-state index is 0.0656. The maximum absolute atomic E-state index is 12.5. The third-order valence-corrected chi connectivity index (χ3v) is 4.97. The van der Waals surface area contributed by atoms with Crippen LogP contribution in [-0.4, -0.2) is 47.5 Å². The first kappa shape index (κ1) is 20.5. The van der Waals surface area contributed by atoms with E-state index in [1.165, 1.54) is 0 Å². The van der Waals surface area contributed by atoms with Gasteiger partial charge in [-0.25, -0.2) is 4.98 Å². The van der Waals surface area contributed by atoms with Crippen LogP contribution in [0.5, 0.6) is 5.75 Å². The highest BCUT2D eigenvalue weighted by molar-refractivity contribution is 5.81. The lowest BCUT2D eigenvalue weighted by Gasteiger charge is -2.23. The van der Waals surface area contributed by atoms with Crippen molar-refractivity contribution >= 4 is 16.8 Å². The van der Waals surface area contributed by atoms with Gasteiger partial charge in [0.1, 0.15) is 11.6 Å². The van der Waals surface area contributed by atoms with Gasteiger partial charge in [-0.05, 0) is 50.2 Å². The molecule has 0 saturated carbocycles. The van der Waals surface area contributed by atoms with E-state index in [0.717, 1.165) is 17.7 Å². The first-order chi connectivity index (χ1) is 14.0. The quantitative estimate of drug-likeness (QED) is 0.611. The normalized spacial score (nSPS) is 12.1. The van der Waals surface area contributed by atoms with E-state index < -0.39 is 0 Å². The number of carbonyl (C=O) groups is 1. The van der Waals surface area contributed by atoms with Crippen molar-refractivity contribution in [1.29, 1.82) is 0 Å². The maximum atomic E-state index is 12.5. The minimum atomic E-state index is -0.359. The van der Waals surface area contributed by atoms with Gasteiger partial charge in [-0.15, -0.1) is 0 Å². The number of ether oxygens (including phenoxy) is 1. The Morgan fingerprint density at radius 3 is 2.66 bits per heavy atom. The summed E-state index contributed by atoms with van der Waals surface area (Å²) in [5, 5.41) is 3.52. The number of likely N-dealkylation sites (N-methyl/N-ethyl adjacent to an activating group) is 1. The number of para-hydroxylation sites is 1. The number of H-pyrrole nitrogens is 1. The van der Waals surface area contributed by atoms with E-state index in [1.807, 2.05) is 61.3 Å². The van der Waals surface area contributed by atoms with Crippen molar-refractivity contribution in [1.82, 2.24) is 20.2 Å². The van der Waals surface area contributed by atoms with Crippen molar-refractivity contribution < 1.29 is 9.53 Å². The fourth-order valence-electron chi connectivity index (χ4n) is 3.05. The average Bonchev–Trinajstić information content (AvgIpc) is 2.73. The van der Waals surface area contributed by atoms with Gasteiger partial charge in [0.25, 0.3) is 5.56 Å². The van der Waals surface area contributed by atoms with E-state index in [0.29, 0.717) is 29.8 Å². The highest BCUT2D eigenvalue weighted by Gasteiger charge is 2.18. The van der Waals surface area contributed by atoms with E-state index in [9.17, 15) is 9.59 Å². The van der Waals surface area contributed by atoms with Crippen molar-refractivity contribution in [2.24, 2.45) is 0 Å². The lowest BCUT2D eigenvalue weighted by Crippen LogP contribution is -2.43. The standard InChI is InChI=1S/C22H26N4O3/c1-15(21(27)23-13-12-16-8-10-17(29-3)11-9-16)26(2)14-20-24-19-7-5-4-6-18(19)22(28)25-20/h4-11,15H,12-14H2,1-3H3,(H,23,27)(H,24,25,28). The van der Waals surface area contributed by atoms with Crippen LogP contribution in [0.25, 0.3) is 10.9 Å². The van der Waals surface area contributed by atoms with Crippen LogP contribution in [-0.2, 0) is 17.8 Å². The third-order valence-electron chi connectivity index (χ3n) is 4.97. The van der Waals surface area contributed by atoms with Crippen molar-refractivity contribution in [2.75, 3.05) is 20.7 Å². The Bertz CT molecular complexity index is 1030. The summed E-state index contributed by atoms with van der Waals surface area (Å²) in [6, 6.07) is 14.6. The molecular weight excluding hydrogens is 368 g/mol. The Morgan fingerprint density at radius 2 is 1.93 bits per heavy atom. The third kappa shape index (κ3) is 5.20. The van der Waals surface area contributed by atoms with Gasteiger partial charge in [-0.3, -0.25) is 14.5 Å². The fraction of sp³-hybridized carbons (Fsp3) is 0.318. The molecule has 0 fully saturated rings. The Labute approximate surface area is 169 Å². The first-order valence-corrected chi connectivity index (χ1v) is 9.56. The van der Waals surface area contributed by atoms with Crippen LogP contribution in [0.1, 0.15) is 18.3 Å². The lowest BCUT2D eigenvalue weighted by atomic mass is 10.1. The Kier molecular flexibility index (Phi) is 6.61. The molecule has 0 aliphatic carbocycles. The monoisotopic (exact) mass is 394 g/mol. The summed E-state index contributed by atoms with van der Waals surface area (Å²) in [6.45, 7) is 2.75. The largest absolute Gasteiger partial charge is 0.497 e. The zero-order chi connectivity index (χ0) is 20.8. The molecule has 0 spiro atoms. The molecule has 29 heavy (non-hydrogen) atoms. The molecular formula is C22H26N4O3. The summed E-state index contributed by atoms with van der Waals surface area (Å²) in [7, 11) is 3.47. The van der Waals surface area contributed by atoms with Gasteiger partial charge in [0, 0.05) is 6.54 Å². The minimum Gasteiger partial charge on any atom is -0.497 e. The second-order valence-electron chi connectivity index (χ2n) is 7.01. The molecule has 1 unspecified atom stereocenters. The van der Waals surface area contributed by atoms with E-state index in [-0.39, 0.29) is 17.5 Å². The SMILES string of the molecule is COc1ccc(CCNC(=O)C(C)N(C)Cc2nc3ccccc3c(=O)[nH]2)cc1. The molecule has 0 bridgehead atoms. The van der Waals surface area contributed by atoms with E-state index >= 15 is 0 Å². The molecule has 0 aliphatic rings. The molecule has 1 atom stereocenters. The zero-order valence-corrected chi connectivity index (χ0v) is 16.9. The topological polar surface area (TPSA) is 87.3 Å². The number of aromatic amines is 1. The number of carbonyl (C=O) groups excluding carboxylic acids is 1. The Morgan fingerprint density at radius 1 is 1.21 bits per heavy atom. The molecule has 0 aliphatic heterocycles. The molecule has 1 amide bonds. The van der Waals surface area contributed by atoms with Gasteiger partial charge in [-0.1, -0.05) is 24.3 Å². The summed E-state index contributed by atoms with van der Waals surface area (Å²) < 4.78 is 5.15. The first-order valence-electron chi connectivity index (χ1n) is 9.56. The number of amides is 1. The highest BCUT2D eigenvalue weighted by atomic mass is 16.5. The van der Waals surface area contributed by atoms with Gasteiger partial charge >= 0.3 is 0 Å². The summed E-state index contributed by atoms with van der Waals surface area (Å²) >= 11 is 0. The van der Waals surface area contributed by atoms with Gasteiger partial charge in [0.05, 0.1) is 30.6 Å². The van der Waals surface area contributed by atoms with Crippen LogP contribution in [0, 0.1) is 0 Å². The number of aromatic nitrogens is 2. The number of fused-ring (bicyclic) bond motifs is 1. The second-order valence-corrected chi connectivity index (χ2v) is 7.01. The number of nitrogens with zero attached hydrogens (tertiary/aromatic N) is 2. The number of nitrogens with one attached hydrogen (secondary N) is 2. The Balaban J connectivity index is 1.54. The molecule has 152 valence electrons. The molecule has 1 heterocycles. The van der Waals surface area contributed by atoms with Crippen LogP contribution in [0.4, 0.5) is 0 Å².